The molecule has 0 radical (unpaired) electrons. The van der Waals surface area contributed by atoms with Crippen LogP contribution >= 0.6 is 11.8 Å². The summed E-state index contributed by atoms with van der Waals surface area (Å²) in [6, 6.07) is 7.59. The molecule has 27 heavy (non-hydrogen) atoms. The first-order valence-electron chi connectivity index (χ1n) is 8.93. The highest BCUT2D eigenvalue weighted by molar-refractivity contribution is 7.99. The van der Waals surface area contributed by atoms with E-state index in [4.69, 9.17) is 0 Å². The van der Waals surface area contributed by atoms with Crippen molar-refractivity contribution in [2.24, 2.45) is 7.05 Å². The lowest BCUT2D eigenvalue weighted by atomic mass is 10.2. The summed E-state index contributed by atoms with van der Waals surface area (Å²) in [5.74, 6) is 0.855. The second-order valence-electron chi connectivity index (χ2n) is 6.33. The maximum atomic E-state index is 13.0. The molecule has 146 valence electrons. The maximum Gasteiger partial charge on any atom is 0.255 e. The Bertz CT molecular complexity index is 911. The van der Waals surface area contributed by atoms with E-state index in [0.29, 0.717) is 31.6 Å². The second-order valence-corrected chi connectivity index (χ2v) is 9.57. The van der Waals surface area contributed by atoms with Crippen molar-refractivity contribution in [2.45, 2.75) is 23.1 Å². The molecule has 0 aliphatic carbocycles. The van der Waals surface area contributed by atoms with Crippen molar-refractivity contribution in [2.75, 3.05) is 31.9 Å². The lowest BCUT2D eigenvalue weighted by molar-refractivity contribution is 0.0761. The summed E-state index contributed by atoms with van der Waals surface area (Å²) in [7, 11) is -1.90. The van der Waals surface area contributed by atoms with Gasteiger partial charge in [0.1, 0.15) is 4.90 Å². The first kappa shape index (κ1) is 19.9. The molecule has 1 amide bonds. The normalized spacial score (nSPS) is 16.3. The number of amides is 1. The van der Waals surface area contributed by atoms with Crippen LogP contribution in [0.1, 0.15) is 23.7 Å². The van der Waals surface area contributed by atoms with Crippen molar-refractivity contribution >= 4 is 27.7 Å². The zero-order valence-electron chi connectivity index (χ0n) is 15.5. The minimum Gasteiger partial charge on any atom is -0.337 e. The number of aromatic nitrogens is 2. The van der Waals surface area contributed by atoms with Crippen LogP contribution in [0.5, 0.6) is 0 Å². The zero-order chi connectivity index (χ0) is 19.4. The third-order valence-electron chi connectivity index (χ3n) is 4.48. The van der Waals surface area contributed by atoms with E-state index in [1.54, 1.807) is 23.7 Å². The van der Waals surface area contributed by atoms with Crippen molar-refractivity contribution < 1.29 is 13.2 Å². The summed E-state index contributed by atoms with van der Waals surface area (Å²) < 4.78 is 28.5. The van der Waals surface area contributed by atoms with Crippen molar-refractivity contribution in [3.63, 3.8) is 0 Å². The lowest BCUT2D eigenvalue weighted by Crippen LogP contribution is -2.37. The summed E-state index contributed by atoms with van der Waals surface area (Å²) >= 11 is 1.64. The highest BCUT2D eigenvalue weighted by atomic mass is 32.2. The number of hydrogen-bond donors (Lipinski definition) is 0. The Labute approximate surface area is 164 Å². The van der Waals surface area contributed by atoms with Crippen LogP contribution in [-0.4, -0.2) is 65.2 Å². The van der Waals surface area contributed by atoms with Crippen molar-refractivity contribution in [1.82, 2.24) is 19.0 Å². The van der Waals surface area contributed by atoms with Gasteiger partial charge in [0, 0.05) is 44.3 Å². The second kappa shape index (κ2) is 8.45. The number of carbonyl (C=O) groups is 1. The summed E-state index contributed by atoms with van der Waals surface area (Å²) in [4.78, 5) is 15.9. The van der Waals surface area contributed by atoms with Crippen molar-refractivity contribution in [3.05, 3.63) is 42.2 Å². The van der Waals surface area contributed by atoms with E-state index in [0.717, 1.165) is 10.6 Å². The molecule has 0 saturated carbocycles. The van der Waals surface area contributed by atoms with Crippen molar-refractivity contribution in [3.8, 4) is 0 Å². The lowest BCUT2D eigenvalue weighted by Gasteiger charge is -2.22. The number of sulfonamides is 1. The fourth-order valence-corrected chi connectivity index (χ4v) is 5.37. The molecule has 0 atom stereocenters. The number of benzene rings is 1. The zero-order valence-corrected chi connectivity index (χ0v) is 17.2. The minimum atomic E-state index is -3.59. The standard InChI is InChI=1S/C18H24N4O3S2/c1-3-26-17-8-5-4-7-16(17)18(23)21-9-6-10-22(12-11-21)27(24,25)15-13-19-20(2)14-15/h4-5,7-8,13-14H,3,6,9-12H2,1-2H3. The van der Waals surface area contributed by atoms with Gasteiger partial charge in [-0.15, -0.1) is 11.8 Å². The third-order valence-corrected chi connectivity index (χ3v) is 7.29. The first-order chi connectivity index (χ1) is 12.9. The molecule has 1 aromatic heterocycles. The minimum absolute atomic E-state index is 0.0350. The predicted octanol–water partition coefficient (Wildman–Crippen LogP) is 2.07. The summed E-state index contributed by atoms with van der Waals surface area (Å²) in [5, 5.41) is 3.96. The van der Waals surface area contributed by atoms with E-state index in [1.807, 2.05) is 24.3 Å². The first-order valence-corrected chi connectivity index (χ1v) is 11.4. The number of nitrogens with zero attached hydrogens (tertiary/aromatic N) is 4. The Morgan fingerprint density at radius 2 is 1.96 bits per heavy atom. The van der Waals surface area contributed by atoms with Gasteiger partial charge in [0.15, 0.2) is 0 Å². The molecule has 1 saturated heterocycles. The molecule has 7 nitrogen and oxygen atoms in total. The van der Waals surface area contributed by atoms with E-state index in [9.17, 15) is 13.2 Å². The molecule has 2 heterocycles. The van der Waals surface area contributed by atoms with Crippen LogP contribution in [0.15, 0.2) is 46.5 Å². The van der Waals surface area contributed by atoms with E-state index < -0.39 is 10.0 Å². The van der Waals surface area contributed by atoms with Crippen molar-refractivity contribution in [1.29, 1.82) is 0 Å². The Balaban J connectivity index is 1.74. The van der Waals surface area contributed by atoms with Gasteiger partial charge < -0.3 is 4.90 Å². The number of aryl methyl sites for hydroxylation is 1. The molecule has 1 fully saturated rings. The Morgan fingerprint density at radius 1 is 1.19 bits per heavy atom. The molecule has 3 rings (SSSR count). The van der Waals surface area contributed by atoms with Crippen LogP contribution in [0.25, 0.3) is 0 Å². The molecule has 0 bridgehead atoms. The average molecular weight is 409 g/mol. The van der Waals surface area contributed by atoms with Crippen LogP contribution in [0, 0.1) is 0 Å². The maximum absolute atomic E-state index is 13.0. The molecule has 1 aromatic carbocycles. The van der Waals surface area contributed by atoms with Gasteiger partial charge in [-0.3, -0.25) is 9.48 Å². The number of hydrogen-bond acceptors (Lipinski definition) is 5. The highest BCUT2D eigenvalue weighted by Gasteiger charge is 2.29. The van der Waals surface area contributed by atoms with Gasteiger partial charge in [-0.05, 0) is 24.3 Å². The molecular weight excluding hydrogens is 384 g/mol. The van der Waals surface area contributed by atoms with Crippen LogP contribution < -0.4 is 0 Å². The van der Waals surface area contributed by atoms with Gasteiger partial charge in [-0.2, -0.15) is 9.40 Å². The van der Waals surface area contributed by atoms with E-state index in [-0.39, 0.29) is 17.3 Å². The summed E-state index contributed by atoms with van der Waals surface area (Å²) in [5.41, 5.74) is 0.688. The van der Waals surface area contributed by atoms with Crippen LogP contribution in [0.3, 0.4) is 0 Å². The number of carbonyl (C=O) groups excluding carboxylic acids is 1. The van der Waals surface area contributed by atoms with Crippen LogP contribution in [0.2, 0.25) is 0 Å². The van der Waals surface area contributed by atoms with E-state index in [2.05, 4.69) is 12.0 Å². The Morgan fingerprint density at radius 3 is 2.67 bits per heavy atom. The van der Waals surface area contributed by atoms with Gasteiger partial charge in [0.05, 0.1) is 11.8 Å². The average Bonchev–Trinajstić information content (AvgIpc) is 2.95. The van der Waals surface area contributed by atoms with Gasteiger partial charge >= 0.3 is 0 Å². The summed E-state index contributed by atoms with van der Waals surface area (Å²) in [6.45, 7) is 3.66. The van der Waals surface area contributed by atoms with Gasteiger partial charge in [0.25, 0.3) is 5.91 Å². The van der Waals surface area contributed by atoms with Crippen LogP contribution in [-0.2, 0) is 17.1 Å². The summed E-state index contributed by atoms with van der Waals surface area (Å²) in [6.07, 6.45) is 3.47. The highest BCUT2D eigenvalue weighted by Crippen LogP contribution is 2.24. The molecule has 0 N–H and O–H groups in total. The molecule has 1 aliphatic heterocycles. The Hall–Kier alpha value is -1.84. The van der Waals surface area contributed by atoms with Crippen LogP contribution in [0.4, 0.5) is 0 Å². The monoisotopic (exact) mass is 408 g/mol. The topological polar surface area (TPSA) is 75.5 Å². The smallest absolute Gasteiger partial charge is 0.255 e. The molecule has 1 aliphatic rings. The molecule has 9 heteroatoms. The Kier molecular flexibility index (Phi) is 6.23. The van der Waals surface area contributed by atoms with E-state index in [1.165, 1.54) is 21.4 Å². The number of rotatable bonds is 5. The van der Waals surface area contributed by atoms with Gasteiger partial charge in [-0.1, -0.05) is 19.1 Å². The van der Waals surface area contributed by atoms with E-state index >= 15 is 0 Å². The fraction of sp³-hybridized carbons (Fsp3) is 0.444. The number of thioether (sulfide) groups is 1. The SMILES string of the molecule is CCSc1ccccc1C(=O)N1CCCN(S(=O)(=O)c2cnn(C)c2)CC1. The molecule has 2 aromatic rings. The molecule has 0 unspecified atom stereocenters. The third kappa shape index (κ3) is 4.36. The largest absolute Gasteiger partial charge is 0.337 e. The quantitative estimate of drug-likeness (QED) is 0.708. The van der Waals surface area contributed by atoms with Gasteiger partial charge in [0.2, 0.25) is 10.0 Å². The molecular formula is C18H24N4O3S2. The predicted molar refractivity (Wildman–Crippen MR) is 105 cm³/mol. The fourth-order valence-electron chi connectivity index (χ4n) is 3.11. The van der Waals surface area contributed by atoms with Gasteiger partial charge in [-0.25, -0.2) is 8.42 Å². The molecule has 0 spiro atoms.